The van der Waals surface area contributed by atoms with Crippen LogP contribution in [0.15, 0.2) is 33.6 Å². The largest absolute Gasteiger partial charge is 0.478 e. The maximum absolute atomic E-state index is 10.4. The van der Waals surface area contributed by atoms with E-state index in [4.69, 9.17) is 5.11 Å². The van der Waals surface area contributed by atoms with E-state index in [2.05, 4.69) is 4.40 Å². The van der Waals surface area contributed by atoms with Crippen molar-refractivity contribution >= 4 is 24.0 Å². The molecule has 0 aliphatic rings. The highest BCUT2D eigenvalue weighted by molar-refractivity contribution is 7.98. The summed E-state index contributed by atoms with van der Waals surface area (Å²) in [6, 6.07) is 6.06. The van der Waals surface area contributed by atoms with Crippen LogP contribution in [0.3, 0.4) is 0 Å². The van der Waals surface area contributed by atoms with Gasteiger partial charge in [0.15, 0.2) is 0 Å². The third kappa shape index (κ3) is 2.74. The third-order valence-electron chi connectivity index (χ3n) is 1.29. The van der Waals surface area contributed by atoms with Crippen molar-refractivity contribution in [1.29, 1.82) is 0 Å². The van der Waals surface area contributed by atoms with E-state index in [0.29, 0.717) is 4.90 Å². The Morgan fingerprint density at radius 2 is 2.00 bits per heavy atom. The van der Waals surface area contributed by atoms with Crippen molar-refractivity contribution in [2.45, 2.75) is 4.90 Å². The van der Waals surface area contributed by atoms with Crippen LogP contribution in [0.5, 0.6) is 0 Å². The first kappa shape index (κ1) is 9.51. The molecule has 4 nitrogen and oxygen atoms in total. The van der Waals surface area contributed by atoms with Gasteiger partial charge in [0, 0.05) is 16.8 Å². The normalized spacial score (nSPS) is 8.92. The van der Waals surface area contributed by atoms with Gasteiger partial charge in [-0.05, 0) is 24.3 Å². The smallest absolute Gasteiger partial charge is 0.335 e. The molecule has 0 radical (unpaired) electrons. The molecule has 0 unspecified atom stereocenters. The molecule has 13 heavy (non-hydrogen) atoms. The lowest BCUT2D eigenvalue weighted by Gasteiger charge is -1.94. The van der Waals surface area contributed by atoms with Crippen LogP contribution in [0.2, 0.25) is 0 Å². The molecule has 0 spiro atoms. The number of isocyanates is 1. The summed E-state index contributed by atoms with van der Waals surface area (Å²) in [6.07, 6.45) is 1.38. The number of rotatable bonds is 3. The van der Waals surface area contributed by atoms with Crippen LogP contribution in [-0.4, -0.2) is 17.2 Å². The molecule has 0 aliphatic heterocycles. The van der Waals surface area contributed by atoms with Gasteiger partial charge in [0.25, 0.3) is 0 Å². The van der Waals surface area contributed by atoms with E-state index in [0.717, 1.165) is 11.9 Å². The summed E-state index contributed by atoms with van der Waals surface area (Å²) < 4.78 is 3.28. The van der Waals surface area contributed by atoms with Crippen molar-refractivity contribution < 1.29 is 14.7 Å². The second kappa shape index (κ2) is 4.45. The van der Waals surface area contributed by atoms with Gasteiger partial charge in [0.05, 0.1) is 5.56 Å². The molecule has 0 heterocycles. The Kier molecular flexibility index (Phi) is 3.25. The lowest BCUT2D eigenvalue weighted by atomic mass is 10.2. The van der Waals surface area contributed by atoms with E-state index >= 15 is 0 Å². The Bertz CT molecular complexity index is 354. The van der Waals surface area contributed by atoms with E-state index < -0.39 is 5.97 Å². The first-order chi connectivity index (χ1) is 6.24. The number of hydrogen-bond donors (Lipinski definition) is 1. The van der Waals surface area contributed by atoms with Crippen LogP contribution in [-0.2, 0) is 4.79 Å². The average molecular weight is 195 g/mol. The average Bonchev–Trinajstić information content (AvgIpc) is 2.15. The van der Waals surface area contributed by atoms with Gasteiger partial charge in [0.1, 0.15) is 0 Å². The Morgan fingerprint density at radius 1 is 1.38 bits per heavy atom. The Morgan fingerprint density at radius 3 is 2.46 bits per heavy atom. The Balaban J connectivity index is 2.80. The van der Waals surface area contributed by atoms with Gasteiger partial charge in [-0.3, -0.25) is 0 Å². The van der Waals surface area contributed by atoms with E-state index in [1.807, 2.05) is 0 Å². The monoisotopic (exact) mass is 195 g/mol. The summed E-state index contributed by atoms with van der Waals surface area (Å²) in [5.74, 6) is -0.976. The number of carboxylic acid groups (broad SMARTS) is 1. The van der Waals surface area contributed by atoms with Gasteiger partial charge in [-0.25, -0.2) is 9.59 Å². The number of carbonyl (C=O) groups is 1. The lowest BCUT2D eigenvalue weighted by Crippen LogP contribution is -1.94. The Hall–Kier alpha value is -1.58. The van der Waals surface area contributed by atoms with E-state index in [-0.39, 0.29) is 5.56 Å². The molecule has 0 aliphatic carbocycles. The summed E-state index contributed by atoms with van der Waals surface area (Å²) in [6.45, 7) is 0. The minimum Gasteiger partial charge on any atom is -0.478 e. The first-order valence-electron chi connectivity index (χ1n) is 3.31. The second-order valence-electron chi connectivity index (χ2n) is 2.10. The molecule has 66 valence electrons. The molecular formula is C8H5NO3S. The summed E-state index contributed by atoms with van der Waals surface area (Å²) in [5, 5.41) is 8.56. The van der Waals surface area contributed by atoms with E-state index in [1.54, 1.807) is 12.1 Å². The molecule has 1 N–H and O–H groups in total. The summed E-state index contributed by atoms with van der Waals surface area (Å²) in [5.41, 5.74) is 0.208. The summed E-state index contributed by atoms with van der Waals surface area (Å²) in [4.78, 5) is 20.9. The first-order valence-corrected chi connectivity index (χ1v) is 4.09. The van der Waals surface area contributed by atoms with Gasteiger partial charge < -0.3 is 5.11 Å². The molecule has 0 saturated carbocycles. The van der Waals surface area contributed by atoms with Gasteiger partial charge in [0.2, 0.25) is 6.08 Å². The van der Waals surface area contributed by atoms with Crippen LogP contribution in [0.4, 0.5) is 0 Å². The molecule has 0 aromatic heterocycles. The highest BCUT2D eigenvalue weighted by Crippen LogP contribution is 2.18. The van der Waals surface area contributed by atoms with Crippen LogP contribution in [0, 0.1) is 0 Å². The van der Waals surface area contributed by atoms with E-state index in [1.165, 1.54) is 18.2 Å². The van der Waals surface area contributed by atoms with Crippen molar-refractivity contribution in [3.8, 4) is 0 Å². The standard InChI is InChI=1S/C8H5NO3S/c10-5-9-13-7-3-1-6(2-4-7)8(11)12/h1-4H,(H,11,12). The Labute approximate surface area is 78.4 Å². The maximum Gasteiger partial charge on any atom is 0.335 e. The third-order valence-corrected chi connectivity index (χ3v) is 1.94. The zero-order valence-corrected chi connectivity index (χ0v) is 7.25. The molecule has 0 saturated heterocycles. The van der Waals surface area contributed by atoms with Crippen molar-refractivity contribution in [2.75, 3.05) is 0 Å². The number of aromatic carboxylic acids is 1. The predicted molar refractivity (Wildman–Crippen MR) is 47.4 cm³/mol. The number of benzene rings is 1. The van der Waals surface area contributed by atoms with Crippen LogP contribution < -0.4 is 0 Å². The van der Waals surface area contributed by atoms with Gasteiger partial charge in [-0.15, -0.1) is 4.40 Å². The highest BCUT2D eigenvalue weighted by Gasteiger charge is 2.00. The fourth-order valence-corrected chi connectivity index (χ4v) is 1.13. The van der Waals surface area contributed by atoms with Crippen LogP contribution in [0.1, 0.15) is 10.4 Å². The van der Waals surface area contributed by atoms with Gasteiger partial charge in [-0.2, -0.15) is 0 Å². The number of carbonyl (C=O) groups excluding carboxylic acids is 1. The fourth-order valence-electron chi connectivity index (χ4n) is 0.730. The topological polar surface area (TPSA) is 66.7 Å². The fraction of sp³-hybridized carbons (Fsp3) is 0. The SMILES string of the molecule is O=C=NSc1ccc(C(=O)O)cc1. The summed E-state index contributed by atoms with van der Waals surface area (Å²) in [7, 11) is 0. The predicted octanol–water partition coefficient (Wildman–Crippen LogP) is 1.73. The molecule has 0 bridgehead atoms. The molecule has 1 aromatic carbocycles. The van der Waals surface area contributed by atoms with E-state index in [9.17, 15) is 9.59 Å². The number of carboxylic acids is 1. The minimum absolute atomic E-state index is 0.208. The van der Waals surface area contributed by atoms with Crippen molar-refractivity contribution in [3.05, 3.63) is 29.8 Å². The van der Waals surface area contributed by atoms with Crippen molar-refractivity contribution in [3.63, 3.8) is 0 Å². The van der Waals surface area contributed by atoms with Crippen molar-refractivity contribution in [2.24, 2.45) is 4.40 Å². The minimum atomic E-state index is -0.976. The van der Waals surface area contributed by atoms with Crippen molar-refractivity contribution in [1.82, 2.24) is 0 Å². The number of hydrogen-bond acceptors (Lipinski definition) is 4. The summed E-state index contributed by atoms with van der Waals surface area (Å²) >= 11 is 0.949. The van der Waals surface area contributed by atoms with Crippen LogP contribution >= 0.6 is 11.9 Å². The molecule has 5 heteroatoms. The molecule has 0 fully saturated rings. The quantitative estimate of drug-likeness (QED) is 0.453. The molecule has 1 aromatic rings. The van der Waals surface area contributed by atoms with Gasteiger partial charge >= 0.3 is 5.97 Å². The molecule has 0 atom stereocenters. The molecule has 1 rings (SSSR count). The zero-order chi connectivity index (χ0) is 9.68. The van der Waals surface area contributed by atoms with Crippen LogP contribution in [0.25, 0.3) is 0 Å². The van der Waals surface area contributed by atoms with Gasteiger partial charge in [-0.1, -0.05) is 0 Å². The molecule has 0 amide bonds. The maximum atomic E-state index is 10.4. The lowest BCUT2D eigenvalue weighted by molar-refractivity contribution is 0.0697. The highest BCUT2D eigenvalue weighted by atomic mass is 32.2. The second-order valence-corrected chi connectivity index (χ2v) is 2.94. The number of nitrogens with zero attached hydrogens (tertiary/aromatic N) is 1. The zero-order valence-electron chi connectivity index (χ0n) is 6.43. The molecular weight excluding hydrogens is 190 g/mol.